The lowest BCUT2D eigenvalue weighted by molar-refractivity contribution is -0.128. The van der Waals surface area contributed by atoms with Crippen molar-refractivity contribution in [2.75, 3.05) is 13.2 Å². The molecule has 0 fully saturated rings. The van der Waals surface area contributed by atoms with Crippen molar-refractivity contribution in [2.24, 2.45) is 0 Å². The molecule has 80 valence electrons. The Morgan fingerprint density at radius 3 is 2.64 bits per heavy atom. The van der Waals surface area contributed by atoms with Crippen LogP contribution >= 0.6 is 0 Å². The molecule has 14 heavy (non-hydrogen) atoms. The molecule has 0 aliphatic rings. The number of ether oxygens (including phenoxy) is 2. The summed E-state index contributed by atoms with van der Waals surface area (Å²) in [6.07, 6.45) is 2.15. The van der Waals surface area contributed by atoms with Gasteiger partial charge in [-0.3, -0.25) is 0 Å². The molecular formula is C10H16O4. The van der Waals surface area contributed by atoms with Gasteiger partial charge in [0.2, 0.25) is 0 Å². The minimum atomic E-state index is -0.658. The van der Waals surface area contributed by atoms with Gasteiger partial charge in [0.15, 0.2) is 0 Å². The molecule has 0 radical (unpaired) electrons. The van der Waals surface area contributed by atoms with Gasteiger partial charge in [0.1, 0.15) is 18.7 Å². The van der Waals surface area contributed by atoms with Gasteiger partial charge in [-0.25, -0.2) is 0 Å². The Morgan fingerprint density at radius 1 is 1.43 bits per heavy atom. The molecule has 4 nitrogen and oxygen atoms in total. The highest BCUT2D eigenvalue weighted by Gasteiger charge is 2.11. The molecule has 0 aromatic rings. The maximum Gasteiger partial charge on any atom is 0.149 e. The zero-order valence-electron chi connectivity index (χ0n) is 8.35. The summed E-state index contributed by atoms with van der Waals surface area (Å²) in [7, 11) is 0. The van der Waals surface area contributed by atoms with Crippen LogP contribution in [0.5, 0.6) is 0 Å². The monoisotopic (exact) mass is 200 g/mol. The predicted molar refractivity (Wildman–Crippen MR) is 52.1 cm³/mol. The fraction of sp³-hybridized carbons (Fsp3) is 0.600. The van der Waals surface area contributed by atoms with E-state index < -0.39 is 6.10 Å². The largest absolute Gasteiger partial charge is 0.375 e. The van der Waals surface area contributed by atoms with Crippen LogP contribution in [0.3, 0.4) is 0 Å². The smallest absolute Gasteiger partial charge is 0.149 e. The first-order valence-electron chi connectivity index (χ1n) is 4.47. The van der Waals surface area contributed by atoms with E-state index in [4.69, 9.17) is 9.47 Å². The fourth-order valence-corrected chi connectivity index (χ4v) is 0.893. The van der Waals surface area contributed by atoms with E-state index in [1.807, 2.05) is 0 Å². The lowest BCUT2D eigenvalue weighted by Gasteiger charge is -2.16. The Labute approximate surface area is 83.9 Å². The van der Waals surface area contributed by atoms with E-state index in [1.165, 1.54) is 0 Å². The molecule has 0 N–H and O–H groups in total. The molecule has 0 heterocycles. The van der Waals surface area contributed by atoms with Crippen LogP contribution in [0.4, 0.5) is 0 Å². The maximum absolute atomic E-state index is 10.4. The highest BCUT2D eigenvalue weighted by molar-refractivity contribution is 5.63. The number of aldehydes is 2. The Morgan fingerprint density at radius 2 is 2.14 bits per heavy atom. The molecule has 0 saturated heterocycles. The lowest BCUT2D eigenvalue weighted by Crippen LogP contribution is -2.25. The van der Waals surface area contributed by atoms with E-state index in [-0.39, 0.29) is 12.5 Å². The van der Waals surface area contributed by atoms with E-state index in [2.05, 4.69) is 6.58 Å². The second kappa shape index (κ2) is 8.59. The molecule has 2 atom stereocenters. The predicted octanol–water partition coefficient (Wildman–Crippen LogP) is 0.751. The molecule has 4 heteroatoms. The van der Waals surface area contributed by atoms with Crippen molar-refractivity contribution in [3.63, 3.8) is 0 Å². The Balaban J connectivity index is 3.65. The van der Waals surface area contributed by atoms with Crippen LogP contribution in [0.2, 0.25) is 0 Å². The van der Waals surface area contributed by atoms with Gasteiger partial charge in [0.25, 0.3) is 0 Å². The quantitative estimate of drug-likeness (QED) is 0.313. The third-order valence-electron chi connectivity index (χ3n) is 1.48. The number of carbonyl (C=O) groups is 2. The number of carbonyl (C=O) groups excluding carboxylic acids is 2. The van der Waals surface area contributed by atoms with Gasteiger partial charge in [-0.1, -0.05) is 6.08 Å². The van der Waals surface area contributed by atoms with Crippen molar-refractivity contribution >= 4 is 12.6 Å². The number of rotatable bonds is 9. The van der Waals surface area contributed by atoms with E-state index in [9.17, 15) is 9.59 Å². The minimum absolute atomic E-state index is 0.0926. The molecule has 0 aliphatic heterocycles. The van der Waals surface area contributed by atoms with Crippen LogP contribution < -0.4 is 0 Å². The average molecular weight is 200 g/mol. The van der Waals surface area contributed by atoms with E-state index in [0.717, 1.165) is 0 Å². The number of hydrogen-bond acceptors (Lipinski definition) is 4. The van der Waals surface area contributed by atoms with E-state index in [1.54, 1.807) is 13.0 Å². The molecule has 0 saturated carbocycles. The summed E-state index contributed by atoms with van der Waals surface area (Å²) in [5.41, 5.74) is 0. The Kier molecular flexibility index (Phi) is 7.98. The molecule has 0 bridgehead atoms. The van der Waals surface area contributed by atoms with Crippen molar-refractivity contribution in [1.29, 1.82) is 0 Å². The molecule has 0 rings (SSSR count). The molecule has 0 aromatic carbocycles. The van der Waals surface area contributed by atoms with Gasteiger partial charge in [0.05, 0.1) is 19.3 Å². The van der Waals surface area contributed by atoms with Crippen molar-refractivity contribution < 1.29 is 19.1 Å². The summed E-state index contributed by atoms with van der Waals surface area (Å²) >= 11 is 0. The second-order valence-electron chi connectivity index (χ2n) is 2.85. The molecule has 0 aromatic heterocycles. The molecule has 0 amide bonds. The summed E-state index contributed by atoms with van der Waals surface area (Å²) in [5, 5.41) is 0. The highest BCUT2D eigenvalue weighted by Crippen LogP contribution is 2.00. The van der Waals surface area contributed by atoms with Crippen molar-refractivity contribution in [2.45, 2.75) is 25.6 Å². The SMILES string of the molecule is C=CCOCC(C)OC(C=O)CC=O. The second-order valence-corrected chi connectivity index (χ2v) is 2.85. The highest BCUT2D eigenvalue weighted by atomic mass is 16.5. The van der Waals surface area contributed by atoms with Gasteiger partial charge in [-0.15, -0.1) is 6.58 Å². The topological polar surface area (TPSA) is 52.6 Å². The zero-order valence-corrected chi connectivity index (χ0v) is 8.35. The fourth-order valence-electron chi connectivity index (χ4n) is 0.893. The molecular weight excluding hydrogens is 184 g/mol. The van der Waals surface area contributed by atoms with Gasteiger partial charge < -0.3 is 19.1 Å². The maximum atomic E-state index is 10.4. The van der Waals surface area contributed by atoms with Crippen LogP contribution in [0.1, 0.15) is 13.3 Å². The van der Waals surface area contributed by atoms with Crippen LogP contribution in [0.15, 0.2) is 12.7 Å². The van der Waals surface area contributed by atoms with Crippen molar-refractivity contribution in [3.8, 4) is 0 Å². The van der Waals surface area contributed by atoms with Gasteiger partial charge >= 0.3 is 0 Å². The third-order valence-corrected chi connectivity index (χ3v) is 1.48. The third kappa shape index (κ3) is 6.51. The Hall–Kier alpha value is -1.00. The standard InChI is InChI=1S/C10H16O4/c1-3-6-13-8-9(2)14-10(7-12)4-5-11/h3,5,7,9-10H,1,4,6,8H2,2H3. The first kappa shape index (κ1) is 13.0. The first-order valence-corrected chi connectivity index (χ1v) is 4.47. The summed E-state index contributed by atoms with van der Waals surface area (Å²) < 4.78 is 10.3. The normalized spacial score (nSPS) is 14.4. The zero-order chi connectivity index (χ0) is 10.8. The molecule has 2 unspecified atom stereocenters. The molecule has 0 aliphatic carbocycles. The number of hydrogen-bond donors (Lipinski definition) is 0. The lowest BCUT2D eigenvalue weighted by atomic mass is 10.3. The van der Waals surface area contributed by atoms with Crippen molar-refractivity contribution in [3.05, 3.63) is 12.7 Å². The van der Waals surface area contributed by atoms with Crippen LogP contribution in [0.25, 0.3) is 0 Å². The first-order chi connectivity index (χ1) is 6.74. The summed E-state index contributed by atoms with van der Waals surface area (Å²) in [6, 6.07) is 0. The molecule has 0 spiro atoms. The van der Waals surface area contributed by atoms with Crippen molar-refractivity contribution in [1.82, 2.24) is 0 Å². The summed E-state index contributed by atoms with van der Waals surface area (Å²) in [5.74, 6) is 0. The minimum Gasteiger partial charge on any atom is -0.375 e. The van der Waals surface area contributed by atoms with Crippen LogP contribution in [-0.4, -0.2) is 38.0 Å². The van der Waals surface area contributed by atoms with Gasteiger partial charge in [-0.05, 0) is 6.92 Å². The Bertz CT molecular complexity index is 179. The van der Waals surface area contributed by atoms with E-state index in [0.29, 0.717) is 25.8 Å². The van der Waals surface area contributed by atoms with Crippen LogP contribution in [-0.2, 0) is 19.1 Å². The van der Waals surface area contributed by atoms with E-state index >= 15 is 0 Å². The summed E-state index contributed by atoms with van der Waals surface area (Å²) in [4.78, 5) is 20.6. The van der Waals surface area contributed by atoms with Gasteiger partial charge in [0, 0.05) is 6.42 Å². The summed E-state index contributed by atoms with van der Waals surface area (Å²) in [6.45, 7) is 6.11. The van der Waals surface area contributed by atoms with Crippen LogP contribution in [0, 0.1) is 0 Å². The van der Waals surface area contributed by atoms with Gasteiger partial charge in [-0.2, -0.15) is 0 Å². The average Bonchev–Trinajstić information content (AvgIpc) is 2.17.